The third kappa shape index (κ3) is 4.25. The molecular weight excluding hydrogens is 254 g/mol. The fraction of sp³-hybridized carbons (Fsp3) is 0.462. The molecule has 1 amide bonds. The number of benzene rings is 1. The van der Waals surface area contributed by atoms with Crippen LogP contribution in [0.3, 0.4) is 0 Å². The summed E-state index contributed by atoms with van der Waals surface area (Å²) in [6.07, 6.45) is 0. The monoisotopic (exact) mass is 271 g/mol. The van der Waals surface area contributed by atoms with E-state index in [1.165, 1.54) is 0 Å². The maximum atomic E-state index is 12.0. The maximum absolute atomic E-state index is 12.0. The molecular formula is C13H18ClNOS. The van der Waals surface area contributed by atoms with Gasteiger partial charge in [0.15, 0.2) is 0 Å². The summed E-state index contributed by atoms with van der Waals surface area (Å²) in [6, 6.07) is 7.53. The van der Waals surface area contributed by atoms with Gasteiger partial charge in [0, 0.05) is 18.6 Å². The van der Waals surface area contributed by atoms with Crippen molar-refractivity contribution in [1.82, 2.24) is 4.90 Å². The Labute approximate surface area is 113 Å². The second kappa shape index (κ2) is 6.31. The van der Waals surface area contributed by atoms with Crippen LogP contribution in [0.2, 0.25) is 5.02 Å². The molecule has 2 nitrogen and oxygen atoms in total. The van der Waals surface area contributed by atoms with Crippen molar-refractivity contribution >= 4 is 30.1 Å². The van der Waals surface area contributed by atoms with Gasteiger partial charge in [-0.1, -0.05) is 37.6 Å². The van der Waals surface area contributed by atoms with Crippen molar-refractivity contribution in [1.29, 1.82) is 0 Å². The minimum absolute atomic E-state index is 0.0447. The lowest BCUT2D eigenvalue weighted by Crippen LogP contribution is -2.35. The highest BCUT2D eigenvalue weighted by molar-refractivity contribution is 7.81. The van der Waals surface area contributed by atoms with Gasteiger partial charge in [0.25, 0.3) is 0 Å². The fourth-order valence-corrected chi connectivity index (χ4v) is 1.91. The predicted octanol–water partition coefficient (Wildman–Crippen LogP) is 3.25. The number of hydrogen-bond acceptors (Lipinski definition) is 2. The molecule has 0 radical (unpaired) electrons. The molecule has 0 bridgehead atoms. The number of thiol groups is 1. The number of hydrogen-bond donors (Lipinski definition) is 1. The molecule has 0 saturated carbocycles. The number of halogens is 1. The molecule has 0 fully saturated rings. The maximum Gasteiger partial charge on any atom is 0.235 e. The molecule has 1 atom stereocenters. The van der Waals surface area contributed by atoms with E-state index < -0.39 is 0 Å². The normalized spacial score (nSPS) is 12.6. The van der Waals surface area contributed by atoms with Crippen LogP contribution in [-0.2, 0) is 11.3 Å². The molecule has 1 aromatic rings. The average molecular weight is 272 g/mol. The summed E-state index contributed by atoms with van der Waals surface area (Å²) in [7, 11) is 1.79. The Morgan fingerprint density at radius 3 is 2.65 bits per heavy atom. The number of carbonyl (C=O) groups is 1. The van der Waals surface area contributed by atoms with Crippen molar-refractivity contribution in [3.05, 3.63) is 34.9 Å². The van der Waals surface area contributed by atoms with Crippen LogP contribution in [0.25, 0.3) is 0 Å². The van der Waals surface area contributed by atoms with Crippen LogP contribution in [0, 0.1) is 5.92 Å². The summed E-state index contributed by atoms with van der Waals surface area (Å²) in [4.78, 5) is 13.7. The highest BCUT2D eigenvalue weighted by Crippen LogP contribution is 2.15. The van der Waals surface area contributed by atoms with Crippen molar-refractivity contribution in [2.75, 3.05) is 7.05 Å². The lowest BCUT2D eigenvalue weighted by Gasteiger charge is -2.23. The molecule has 0 aliphatic rings. The van der Waals surface area contributed by atoms with Crippen LogP contribution in [0.1, 0.15) is 19.4 Å². The Bertz CT molecular complexity index is 395. The van der Waals surface area contributed by atoms with Crippen molar-refractivity contribution in [2.45, 2.75) is 25.6 Å². The topological polar surface area (TPSA) is 20.3 Å². The highest BCUT2D eigenvalue weighted by atomic mass is 35.5. The predicted molar refractivity (Wildman–Crippen MR) is 75.5 cm³/mol. The molecule has 0 heterocycles. The van der Waals surface area contributed by atoms with Crippen molar-refractivity contribution in [3.8, 4) is 0 Å². The first-order valence-electron chi connectivity index (χ1n) is 5.59. The number of amides is 1. The Kier molecular flexibility index (Phi) is 5.34. The van der Waals surface area contributed by atoms with E-state index in [1.54, 1.807) is 11.9 Å². The van der Waals surface area contributed by atoms with Crippen LogP contribution in [-0.4, -0.2) is 23.1 Å². The molecule has 0 aromatic heterocycles. The first-order chi connectivity index (χ1) is 7.91. The van der Waals surface area contributed by atoms with E-state index in [0.717, 1.165) is 5.56 Å². The van der Waals surface area contributed by atoms with Crippen molar-refractivity contribution in [3.63, 3.8) is 0 Å². The smallest absolute Gasteiger partial charge is 0.235 e. The number of rotatable bonds is 4. The first kappa shape index (κ1) is 14.4. The molecule has 17 heavy (non-hydrogen) atoms. The zero-order valence-electron chi connectivity index (χ0n) is 10.4. The third-order valence-electron chi connectivity index (χ3n) is 2.57. The molecule has 1 rings (SSSR count). The molecule has 0 N–H and O–H groups in total. The van der Waals surface area contributed by atoms with Crippen LogP contribution in [0.15, 0.2) is 24.3 Å². The Morgan fingerprint density at radius 1 is 1.47 bits per heavy atom. The molecule has 0 aliphatic carbocycles. The molecule has 4 heteroatoms. The van der Waals surface area contributed by atoms with E-state index in [2.05, 4.69) is 12.6 Å². The zero-order chi connectivity index (χ0) is 13.0. The summed E-state index contributed by atoms with van der Waals surface area (Å²) in [5.41, 5.74) is 1.03. The molecule has 1 unspecified atom stereocenters. The second-order valence-corrected chi connectivity index (χ2v) is 5.51. The molecule has 1 aromatic carbocycles. The van der Waals surface area contributed by atoms with Crippen LogP contribution < -0.4 is 0 Å². The van der Waals surface area contributed by atoms with Gasteiger partial charge in [0.05, 0.1) is 5.25 Å². The number of carbonyl (C=O) groups excluding carboxylic acids is 1. The minimum Gasteiger partial charge on any atom is -0.340 e. The van der Waals surface area contributed by atoms with Crippen molar-refractivity contribution in [2.24, 2.45) is 5.92 Å². The van der Waals surface area contributed by atoms with Gasteiger partial charge in [-0.2, -0.15) is 12.6 Å². The molecule has 0 spiro atoms. The highest BCUT2D eigenvalue weighted by Gasteiger charge is 2.21. The fourth-order valence-electron chi connectivity index (χ4n) is 1.50. The lowest BCUT2D eigenvalue weighted by atomic mass is 10.1. The Hall–Kier alpha value is -0.670. The van der Waals surface area contributed by atoms with Gasteiger partial charge in [-0.25, -0.2) is 0 Å². The minimum atomic E-state index is -0.251. The largest absolute Gasteiger partial charge is 0.340 e. The lowest BCUT2D eigenvalue weighted by molar-refractivity contribution is -0.130. The van der Waals surface area contributed by atoms with E-state index in [-0.39, 0.29) is 17.1 Å². The summed E-state index contributed by atoms with van der Waals surface area (Å²) >= 11 is 10.2. The van der Waals surface area contributed by atoms with Gasteiger partial charge in [-0.05, 0) is 23.6 Å². The van der Waals surface area contributed by atoms with Gasteiger partial charge in [-0.15, -0.1) is 0 Å². The molecule has 94 valence electrons. The third-order valence-corrected chi connectivity index (χ3v) is 3.62. The van der Waals surface area contributed by atoms with Gasteiger partial charge in [-0.3, -0.25) is 4.79 Å². The molecule has 0 aliphatic heterocycles. The second-order valence-electron chi connectivity index (χ2n) is 4.51. The van der Waals surface area contributed by atoms with E-state index in [9.17, 15) is 4.79 Å². The SMILES string of the molecule is CC(C)C(S)C(=O)N(C)Cc1cccc(Cl)c1. The van der Waals surface area contributed by atoms with E-state index in [4.69, 9.17) is 11.6 Å². The Morgan fingerprint density at radius 2 is 2.12 bits per heavy atom. The van der Waals surface area contributed by atoms with Crippen LogP contribution in [0.5, 0.6) is 0 Å². The van der Waals surface area contributed by atoms with Gasteiger partial charge in [0.2, 0.25) is 5.91 Å². The van der Waals surface area contributed by atoms with Crippen molar-refractivity contribution < 1.29 is 4.79 Å². The van der Waals surface area contributed by atoms with Gasteiger partial charge >= 0.3 is 0 Å². The zero-order valence-corrected chi connectivity index (χ0v) is 12.0. The summed E-state index contributed by atoms with van der Waals surface area (Å²) in [6.45, 7) is 4.54. The summed E-state index contributed by atoms with van der Waals surface area (Å²) < 4.78 is 0. The quantitative estimate of drug-likeness (QED) is 0.834. The van der Waals surface area contributed by atoms with E-state index in [1.807, 2.05) is 38.1 Å². The number of nitrogens with zero attached hydrogens (tertiary/aromatic N) is 1. The van der Waals surface area contributed by atoms with Crippen LogP contribution >= 0.6 is 24.2 Å². The van der Waals surface area contributed by atoms with Gasteiger partial charge < -0.3 is 4.90 Å². The average Bonchev–Trinajstić information content (AvgIpc) is 2.26. The molecule has 0 saturated heterocycles. The van der Waals surface area contributed by atoms with Gasteiger partial charge in [0.1, 0.15) is 0 Å². The summed E-state index contributed by atoms with van der Waals surface area (Å²) in [5, 5.41) is 0.439. The summed E-state index contributed by atoms with van der Waals surface area (Å²) in [5.74, 6) is 0.274. The van der Waals surface area contributed by atoms with Crippen LogP contribution in [0.4, 0.5) is 0 Å². The standard InChI is InChI=1S/C13H18ClNOS/c1-9(2)12(17)13(16)15(3)8-10-5-4-6-11(14)7-10/h4-7,9,12,17H,8H2,1-3H3. The van der Waals surface area contributed by atoms with E-state index in [0.29, 0.717) is 11.6 Å². The van der Waals surface area contributed by atoms with E-state index >= 15 is 0 Å². The Balaban J connectivity index is 2.66. The first-order valence-corrected chi connectivity index (χ1v) is 6.48.